The maximum Gasteiger partial charge on any atom is 0.295 e. The summed E-state index contributed by atoms with van der Waals surface area (Å²) in [6, 6.07) is 12.9. The van der Waals surface area contributed by atoms with Crippen LogP contribution in [0.4, 0.5) is 5.69 Å². The number of fused-ring (bicyclic) bond motifs is 2. The van der Waals surface area contributed by atoms with Crippen molar-refractivity contribution in [2.45, 2.75) is 29.7 Å². The Morgan fingerprint density at radius 3 is 2.18 bits per heavy atom. The largest absolute Gasteiger partial charge is 0.456 e. The molecule has 12 heteroatoms. The van der Waals surface area contributed by atoms with E-state index in [4.69, 9.17) is 4.74 Å². The molecule has 0 aromatic heterocycles. The molecule has 0 saturated carbocycles. The summed E-state index contributed by atoms with van der Waals surface area (Å²) in [6.07, 6.45) is 0. The van der Waals surface area contributed by atoms with Crippen molar-refractivity contribution in [1.82, 2.24) is 4.72 Å². The Bertz CT molecular complexity index is 1730. The first-order valence-corrected chi connectivity index (χ1v) is 15.1. The third kappa shape index (κ3) is 5.71. The fraction of sp³-hybridized carbons (Fsp3) is 0.259. The van der Waals surface area contributed by atoms with Gasteiger partial charge in [0.2, 0.25) is 10.0 Å². The number of rotatable bonds is 10. The average Bonchev–Trinajstić information content (AvgIpc) is 2.90. The molecule has 0 radical (unpaired) electrons. The van der Waals surface area contributed by atoms with Gasteiger partial charge in [0.25, 0.3) is 10.1 Å². The first-order chi connectivity index (χ1) is 18.4. The number of aliphatic hydroxyl groups excluding tert-OH is 2. The Hall–Kier alpha value is -3.26. The molecule has 3 aromatic rings. The van der Waals surface area contributed by atoms with Crippen molar-refractivity contribution in [3.8, 4) is 11.5 Å². The summed E-state index contributed by atoms with van der Waals surface area (Å²) in [5.74, 6) is 0.885. The second-order valence-electron chi connectivity index (χ2n) is 8.98. The highest BCUT2D eigenvalue weighted by molar-refractivity contribution is 7.89. The second kappa shape index (κ2) is 11.1. The van der Waals surface area contributed by atoms with Crippen molar-refractivity contribution in [3.05, 3.63) is 76.2 Å². The Morgan fingerprint density at radius 2 is 1.56 bits per heavy atom. The van der Waals surface area contributed by atoms with E-state index in [1.54, 1.807) is 24.3 Å². The second-order valence-corrected chi connectivity index (χ2v) is 12.1. The summed E-state index contributed by atoms with van der Waals surface area (Å²) < 4.78 is 69.5. The van der Waals surface area contributed by atoms with Gasteiger partial charge in [-0.2, -0.15) is 8.42 Å². The molecule has 10 nitrogen and oxygen atoms in total. The Morgan fingerprint density at radius 1 is 0.897 bits per heavy atom. The van der Waals surface area contributed by atoms with Crippen molar-refractivity contribution in [3.63, 3.8) is 0 Å². The van der Waals surface area contributed by atoms with E-state index in [2.05, 4.69) is 16.2 Å². The van der Waals surface area contributed by atoms with Gasteiger partial charge >= 0.3 is 0 Å². The van der Waals surface area contributed by atoms with Crippen LogP contribution in [0.2, 0.25) is 0 Å². The van der Waals surface area contributed by atoms with Crippen LogP contribution >= 0.6 is 0 Å². The number of aliphatic hydroxyl groups is 2. The molecule has 0 unspecified atom stereocenters. The van der Waals surface area contributed by atoms with Crippen LogP contribution in [-0.2, 0) is 20.1 Å². The number of nitrogens with one attached hydrogen (secondary N) is 1. The van der Waals surface area contributed by atoms with Crippen LogP contribution in [0, 0.1) is 0 Å². The Kier molecular flexibility index (Phi) is 8.17. The Balaban J connectivity index is 2.01. The van der Waals surface area contributed by atoms with E-state index < -0.39 is 49.2 Å². The fourth-order valence-electron chi connectivity index (χ4n) is 4.51. The zero-order valence-electron chi connectivity index (χ0n) is 21.5. The molecule has 1 aliphatic rings. The van der Waals surface area contributed by atoms with E-state index in [-0.39, 0.29) is 5.56 Å². The van der Waals surface area contributed by atoms with E-state index >= 15 is 0 Å². The van der Waals surface area contributed by atoms with Gasteiger partial charge in [0.05, 0.1) is 24.2 Å². The van der Waals surface area contributed by atoms with Gasteiger partial charge in [0.15, 0.2) is 0 Å². The molecule has 1 aliphatic heterocycles. The molecule has 0 fully saturated rings. The van der Waals surface area contributed by atoms with Crippen molar-refractivity contribution >= 4 is 38.0 Å². The minimum atomic E-state index is -4.92. The molecular weight excluding hydrogens is 544 g/mol. The van der Waals surface area contributed by atoms with Gasteiger partial charge in [0, 0.05) is 46.8 Å². The molecule has 0 saturated heterocycles. The Labute approximate surface area is 227 Å². The number of benzene rings is 3. The summed E-state index contributed by atoms with van der Waals surface area (Å²) in [6.45, 7) is 8.17. The van der Waals surface area contributed by atoms with Crippen molar-refractivity contribution in [2.24, 2.45) is 0 Å². The summed E-state index contributed by atoms with van der Waals surface area (Å²) >= 11 is 0. The lowest BCUT2D eigenvalue weighted by Crippen LogP contribution is -2.40. The molecule has 0 spiro atoms. The molecule has 0 atom stereocenters. The summed E-state index contributed by atoms with van der Waals surface area (Å²) in [7, 11) is -9.28. The SMILES string of the molecule is C=c1ccc2c(c1)Oc1cc(N(CC)CC)ccc1C=2c1ccc(S(=O)(=O)NC(CO)CO)cc1S(=O)(=O)O. The average molecular weight is 575 g/mol. The highest BCUT2D eigenvalue weighted by atomic mass is 32.2. The number of hydrogen-bond donors (Lipinski definition) is 4. The van der Waals surface area contributed by atoms with Crippen LogP contribution in [0.3, 0.4) is 0 Å². The van der Waals surface area contributed by atoms with Crippen LogP contribution in [0.25, 0.3) is 12.2 Å². The normalized spacial score (nSPS) is 13.1. The predicted octanol–water partition coefficient (Wildman–Crippen LogP) is 1.17. The monoisotopic (exact) mass is 574 g/mol. The van der Waals surface area contributed by atoms with Crippen molar-refractivity contribution < 1.29 is 36.3 Å². The number of anilines is 1. The summed E-state index contributed by atoms with van der Waals surface area (Å²) in [4.78, 5) is 1.03. The minimum absolute atomic E-state index is 0.0653. The fourth-order valence-corrected chi connectivity index (χ4v) is 6.55. The van der Waals surface area contributed by atoms with Gasteiger partial charge in [-0.05, 0) is 49.4 Å². The molecule has 4 N–H and O–H groups in total. The number of ether oxygens (including phenoxy) is 1. The topological polar surface area (TPSA) is 153 Å². The molecule has 0 aliphatic carbocycles. The number of nitrogens with zero attached hydrogens (tertiary/aromatic N) is 1. The smallest absolute Gasteiger partial charge is 0.295 e. The molecule has 39 heavy (non-hydrogen) atoms. The third-order valence-electron chi connectivity index (χ3n) is 6.47. The van der Waals surface area contributed by atoms with Crippen LogP contribution in [-0.4, -0.2) is 63.9 Å². The van der Waals surface area contributed by atoms with Gasteiger partial charge in [-0.15, -0.1) is 0 Å². The van der Waals surface area contributed by atoms with Gasteiger partial charge in [0.1, 0.15) is 16.4 Å². The quantitative estimate of drug-likeness (QED) is 0.205. The van der Waals surface area contributed by atoms with Crippen LogP contribution < -0.4 is 24.8 Å². The highest BCUT2D eigenvalue weighted by Gasteiger charge is 2.29. The van der Waals surface area contributed by atoms with Gasteiger partial charge in [-0.3, -0.25) is 4.55 Å². The molecule has 208 valence electrons. The molecule has 0 amide bonds. The predicted molar refractivity (Wildman–Crippen MR) is 147 cm³/mol. The maximum absolute atomic E-state index is 12.9. The van der Waals surface area contributed by atoms with Gasteiger partial charge in [-0.1, -0.05) is 24.8 Å². The van der Waals surface area contributed by atoms with E-state index in [9.17, 15) is 31.6 Å². The minimum Gasteiger partial charge on any atom is -0.456 e. The van der Waals surface area contributed by atoms with E-state index in [1.165, 1.54) is 12.1 Å². The van der Waals surface area contributed by atoms with E-state index in [0.717, 1.165) is 24.8 Å². The van der Waals surface area contributed by atoms with E-state index in [1.807, 2.05) is 26.0 Å². The standard InChI is InChI=1S/C27H30N2O8S2/c1-4-29(5-2)19-7-10-22-25(13-19)37-24-12-17(3)6-9-21(24)27(22)23-11-8-20(14-26(23)39(34,35)36)38(32,33)28-18(15-30)16-31/h6-14,18,28,30-31H,3-5,15-16H2,1-2H3,(H,34,35,36). The van der Waals surface area contributed by atoms with Crippen molar-refractivity contribution in [2.75, 3.05) is 31.2 Å². The van der Waals surface area contributed by atoms with Crippen molar-refractivity contribution in [1.29, 1.82) is 0 Å². The van der Waals surface area contributed by atoms with Gasteiger partial charge < -0.3 is 19.8 Å². The molecule has 3 aromatic carbocycles. The maximum atomic E-state index is 12.9. The zero-order chi connectivity index (χ0) is 28.5. The lowest BCUT2D eigenvalue weighted by molar-refractivity contribution is 0.185. The molecule has 4 rings (SSSR count). The van der Waals surface area contributed by atoms with Gasteiger partial charge in [-0.25, -0.2) is 13.1 Å². The lowest BCUT2D eigenvalue weighted by atomic mass is 9.92. The molecule has 0 bridgehead atoms. The number of hydrogen-bond acceptors (Lipinski definition) is 8. The molecule has 1 heterocycles. The molecular formula is C27H30N2O8S2. The van der Waals surface area contributed by atoms with E-state index in [0.29, 0.717) is 33.1 Å². The highest BCUT2D eigenvalue weighted by Crippen LogP contribution is 2.40. The summed E-state index contributed by atoms with van der Waals surface area (Å²) in [5, 5.41) is 19.8. The van der Waals surface area contributed by atoms with Crippen LogP contribution in [0.1, 0.15) is 25.0 Å². The first kappa shape index (κ1) is 28.7. The van der Waals surface area contributed by atoms with Crippen LogP contribution in [0.15, 0.2) is 64.4 Å². The first-order valence-electron chi connectivity index (χ1n) is 12.2. The lowest BCUT2D eigenvalue weighted by Gasteiger charge is -2.26. The summed E-state index contributed by atoms with van der Waals surface area (Å²) in [5.41, 5.74) is 1.94. The number of sulfonamides is 1. The zero-order valence-corrected chi connectivity index (χ0v) is 23.1. The van der Waals surface area contributed by atoms with Crippen LogP contribution in [0.5, 0.6) is 11.5 Å². The third-order valence-corrected chi connectivity index (χ3v) is 8.88.